The van der Waals surface area contributed by atoms with Crippen LogP contribution in [0.2, 0.25) is 5.02 Å². The lowest BCUT2D eigenvalue weighted by atomic mass is 10.1. The van der Waals surface area contributed by atoms with Gasteiger partial charge in [-0.05, 0) is 18.2 Å². The van der Waals surface area contributed by atoms with Crippen molar-refractivity contribution >= 4 is 38.9 Å². The minimum atomic E-state index is -3.17. The Morgan fingerprint density at radius 1 is 1.29 bits per heavy atom. The molecule has 128 valence electrons. The Hall–Kier alpha value is -1.86. The molecule has 24 heavy (non-hydrogen) atoms. The van der Waals surface area contributed by atoms with E-state index in [1.807, 2.05) is 0 Å². The maximum atomic E-state index is 12.3. The standard InChI is InChI=1S/C16H17ClN2O4S/c17-13-2-1-3-14(9-13)19-6-5-18(10-16(19)21)15(20)8-12-4-7-24(22,23)11-12/h1-4,7,9,12H,5-6,8,10-11H2/t12-/m0/s1. The average Bonchev–Trinajstić information content (AvgIpc) is 2.86. The second-order valence-electron chi connectivity index (χ2n) is 5.96. The number of sulfone groups is 1. The first-order chi connectivity index (χ1) is 11.3. The summed E-state index contributed by atoms with van der Waals surface area (Å²) in [7, 11) is -3.17. The third-order valence-corrected chi connectivity index (χ3v) is 5.83. The number of halogens is 1. The Morgan fingerprint density at radius 2 is 2.08 bits per heavy atom. The van der Waals surface area contributed by atoms with Crippen LogP contribution in [0, 0.1) is 5.92 Å². The molecule has 2 amide bonds. The molecule has 0 unspecified atom stereocenters. The molecule has 1 aromatic rings. The van der Waals surface area contributed by atoms with E-state index in [4.69, 9.17) is 11.6 Å². The SMILES string of the molecule is O=C(C[C@@H]1C=CS(=O)(=O)C1)N1CCN(c2cccc(Cl)c2)C(=O)C1. The fourth-order valence-corrected chi connectivity index (χ4v) is 4.51. The Morgan fingerprint density at radius 3 is 2.71 bits per heavy atom. The topological polar surface area (TPSA) is 74.8 Å². The quantitative estimate of drug-likeness (QED) is 0.809. The van der Waals surface area contributed by atoms with Gasteiger partial charge in [-0.1, -0.05) is 23.7 Å². The summed E-state index contributed by atoms with van der Waals surface area (Å²) in [6.07, 6.45) is 1.66. The van der Waals surface area contributed by atoms with Gasteiger partial charge in [-0.25, -0.2) is 8.42 Å². The lowest BCUT2D eigenvalue weighted by Gasteiger charge is -2.34. The van der Waals surface area contributed by atoms with Crippen molar-refractivity contribution in [3.8, 4) is 0 Å². The lowest BCUT2D eigenvalue weighted by Crippen LogP contribution is -2.52. The van der Waals surface area contributed by atoms with E-state index in [9.17, 15) is 18.0 Å². The number of anilines is 1. The molecule has 1 aromatic carbocycles. The Bertz CT molecular complexity index is 806. The third kappa shape index (κ3) is 3.79. The molecule has 0 aliphatic carbocycles. The fourth-order valence-electron chi connectivity index (χ4n) is 2.92. The van der Waals surface area contributed by atoms with E-state index in [1.165, 1.54) is 4.90 Å². The highest BCUT2D eigenvalue weighted by Crippen LogP contribution is 2.23. The highest BCUT2D eigenvalue weighted by atomic mass is 35.5. The first kappa shape index (κ1) is 17.0. The Kier molecular flexibility index (Phi) is 4.64. The zero-order valence-corrected chi connectivity index (χ0v) is 14.5. The summed E-state index contributed by atoms with van der Waals surface area (Å²) in [4.78, 5) is 27.7. The molecule has 1 fully saturated rings. The highest BCUT2D eigenvalue weighted by molar-refractivity contribution is 7.94. The molecular formula is C16H17ClN2O4S. The summed E-state index contributed by atoms with van der Waals surface area (Å²) < 4.78 is 22.8. The molecule has 0 N–H and O–H groups in total. The van der Waals surface area contributed by atoms with Gasteiger partial charge in [-0.15, -0.1) is 0 Å². The van der Waals surface area contributed by atoms with Gasteiger partial charge in [0.25, 0.3) is 0 Å². The van der Waals surface area contributed by atoms with Gasteiger partial charge in [0.1, 0.15) is 6.54 Å². The molecule has 0 radical (unpaired) electrons. The van der Waals surface area contributed by atoms with Gasteiger partial charge in [-0.2, -0.15) is 0 Å². The van der Waals surface area contributed by atoms with E-state index in [0.29, 0.717) is 23.8 Å². The van der Waals surface area contributed by atoms with E-state index >= 15 is 0 Å². The number of amides is 2. The predicted molar refractivity (Wildman–Crippen MR) is 91.4 cm³/mol. The number of carbonyl (C=O) groups is 2. The van der Waals surface area contributed by atoms with E-state index in [0.717, 1.165) is 5.41 Å². The number of allylic oxidation sites excluding steroid dienone is 1. The van der Waals surface area contributed by atoms with Crippen molar-refractivity contribution in [3.63, 3.8) is 0 Å². The molecule has 0 aromatic heterocycles. The molecule has 2 aliphatic rings. The van der Waals surface area contributed by atoms with Crippen LogP contribution in [-0.4, -0.2) is 50.5 Å². The van der Waals surface area contributed by atoms with Crippen LogP contribution in [0.15, 0.2) is 35.7 Å². The molecule has 6 nitrogen and oxygen atoms in total. The Labute approximate surface area is 145 Å². The predicted octanol–water partition coefficient (Wildman–Crippen LogP) is 1.46. The van der Waals surface area contributed by atoms with Gasteiger partial charge >= 0.3 is 0 Å². The number of piperazine rings is 1. The minimum absolute atomic E-state index is 0.00543. The van der Waals surface area contributed by atoms with E-state index in [-0.39, 0.29) is 36.5 Å². The summed E-state index contributed by atoms with van der Waals surface area (Å²) in [6, 6.07) is 7.02. The van der Waals surface area contributed by atoms with E-state index in [2.05, 4.69) is 0 Å². The van der Waals surface area contributed by atoms with Crippen LogP contribution in [0.25, 0.3) is 0 Å². The monoisotopic (exact) mass is 368 g/mol. The number of rotatable bonds is 3. The number of nitrogens with zero attached hydrogens (tertiary/aromatic N) is 2. The molecule has 1 saturated heterocycles. The summed E-state index contributed by atoms with van der Waals surface area (Å²) in [5, 5.41) is 1.71. The van der Waals surface area contributed by atoms with Crippen LogP contribution in [0.4, 0.5) is 5.69 Å². The largest absolute Gasteiger partial charge is 0.332 e. The molecule has 0 bridgehead atoms. The van der Waals surface area contributed by atoms with Crippen molar-refractivity contribution < 1.29 is 18.0 Å². The second kappa shape index (κ2) is 6.57. The van der Waals surface area contributed by atoms with Gasteiger partial charge in [0.2, 0.25) is 11.8 Å². The molecular weight excluding hydrogens is 352 g/mol. The number of benzene rings is 1. The zero-order chi connectivity index (χ0) is 17.3. The van der Waals surface area contributed by atoms with Crippen molar-refractivity contribution in [2.75, 3.05) is 30.3 Å². The van der Waals surface area contributed by atoms with Crippen LogP contribution in [-0.2, 0) is 19.4 Å². The van der Waals surface area contributed by atoms with Gasteiger partial charge < -0.3 is 9.80 Å². The van der Waals surface area contributed by atoms with Crippen LogP contribution < -0.4 is 4.90 Å². The first-order valence-corrected chi connectivity index (χ1v) is 9.68. The summed E-state index contributed by atoms with van der Waals surface area (Å²) in [5.41, 5.74) is 0.712. The third-order valence-electron chi connectivity index (χ3n) is 4.13. The zero-order valence-electron chi connectivity index (χ0n) is 12.9. The molecule has 0 spiro atoms. The van der Waals surface area contributed by atoms with Crippen LogP contribution in [0.3, 0.4) is 0 Å². The van der Waals surface area contributed by atoms with Crippen molar-refractivity contribution in [3.05, 3.63) is 40.8 Å². The fraction of sp³-hybridized carbons (Fsp3) is 0.375. The molecule has 1 atom stereocenters. The molecule has 8 heteroatoms. The normalized spacial score (nSPS) is 22.9. The minimum Gasteiger partial charge on any atom is -0.332 e. The molecule has 2 aliphatic heterocycles. The maximum Gasteiger partial charge on any atom is 0.246 e. The Balaban J connectivity index is 1.60. The van der Waals surface area contributed by atoms with Gasteiger partial charge in [0.15, 0.2) is 9.84 Å². The van der Waals surface area contributed by atoms with Gasteiger partial charge in [0, 0.05) is 41.5 Å². The van der Waals surface area contributed by atoms with E-state index in [1.54, 1.807) is 35.2 Å². The average molecular weight is 369 g/mol. The lowest BCUT2D eigenvalue weighted by molar-refractivity contribution is -0.137. The van der Waals surface area contributed by atoms with Gasteiger partial charge in [0.05, 0.1) is 5.75 Å². The summed E-state index contributed by atoms with van der Waals surface area (Å²) >= 11 is 5.95. The number of hydrogen-bond acceptors (Lipinski definition) is 4. The smallest absolute Gasteiger partial charge is 0.246 e. The maximum absolute atomic E-state index is 12.3. The van der Waals surface area contributed by atoms with Crippen LogP contribution in [0.1, 0.15) is 6.42 Å². The first-order valence-electron chi connectivity index (χ1n) is 7.59. The van der Waals surface area contributed by atoms with Gasteiger partial charge in [-0.3, -0.25) is 9.59 Å². The molecule has 0 saturated carbocycles. The van der Waals surface area contributed by atoms with Crippen LogP contribution >= 0.6 is 11.6 Å². The molecule has 3 rings (SSSR count). The molecule has 2 heterocycles. The highest BCUT2D eigenvalue weighted by Gasteiger charge is 2.31. The van der Waals surface area contributed by atoms with Crippen molar-refractivity contribution in [1.29, 1.82) is 0 Å². The number of hydrogen-bond donors (Lipinski definition) is 0. The number of carbonyl (C=O) groups excluding carboxylic acids is 2. The second-order valence-corrected chi connectivity index (χ2v) is 8.33. The van der Waals surface area contributed by atoms with Crippen molar-refractivity contribution in [2.45, 2.75) is 6.42 Å². The summed E-state index contributed by atoms with van der Waals surface area (Å²) in [6.45, 7) is 0.804. The van der Waals surface area contributed by atoms with E-state index < -0.39 is 9.84 Å². The van der Waals surface area contributed by atoms with Crippen molar-refractivity contribution in [2.24, 2.45) is 5.92 Å². The van der Waals surface area contributed by atoms with Crippen molar-refractivity contribution in [1.82, 2.24) is 4.90 Å². The summed E-state index contributed by atoms with van der Waals surface area (Å²) in [5.74, 6) is -0.703. The van der Waals surface area contributed by atoms with Crippen LogP contribution in [0.5, 0.6) is 0 Å².